The summed E-state index contributed by atoms with van der Waals surface area (Å²) in [4.78, 5) is 0. The molecule has 1 aromatic rings. The lowest BCUT2D eigenvalue weighted by atomic mass is 9.81. The van der Waals surface area contributed by atoms with E-state index < -0.39 is 0 Å². The lowest BCUT2D eigenvalue weighted by Gasteiger charge is -2.23. The molecule has 0 aromatic heterocycles. The standard InChI is InChI=1S/C17H25NO/c1-5-17(6-2,13-18)10-11-19-16-9-7-8-15(12-16)14(3)4/h7-9,12,14H,5-6,10-11H2,1-4H3. The number of nitrogens with zero attached hydrogens (tertiary/aromatic N) is 1. The SMILES string of the molecule is CCC(C#N)(CC)CCOc1cccc(C(C)C)c1. The second-order valence-corrected chi connectivity index (χ2v) is 5.42. The normalized spacial score (nSPS) is 11.4. The van der Waals surface area contributed by atoms with Crippen molar-refractivity contribution in [3.8, 4) is 11.8 Å². The van der Waals surface area contributed by atoms with Crippen molar-refractivity contribution in [1.82, 2.24) is 0 Å². The van der Waals surface area contributed by atoms with Gasteiger partial charge in [-0.3, -0.25) is 0 Å². The molecule has 0 bridgehead atoms. The summed E-state index contributed by atoms with van der Waals surface area (Å²) in [6.45, 7) is 9.11. The van der Waals surface area contributed by atoms with Crippen LogP contribution in [-0.2, 0) is 0 Å². The molecule has 0 saturated heterocycles. The van der Waals surface area contributed by atoms with E-state index in [4.69, 9.17) is 4.74 Å². The molecule has 0 heterocycles. The molecule has 19 heavy (non-hydrogen) atoms. The van der Waals surface area contributed by atoms with Gasteiger partial charge in [-0.05, 0) is 36.5 Å². The molecular weight excluding hydrogens is 234 g/mol. The summed E-state index contributed by atoms with van der Waals surface area (Å²) in [6.07, 6.45) is 2.56. The first-order valence-corrected chi connectivity index (χ1v) is 7.21. The van der Waals surface area contributed by atoms with E-state index in [1.54, 1.807) is 0 Å². The van der Waals surface area contributed by atoms with Gasteiger partial charge in [-0.25, -0.2) is 0 Å². The van der Waals surface area contributed by atoms with Gasteiger partial charge in [0, 0.05) is 6.42 Å². The van der Waals surface area contributed by atoms with Crippen LogP contribution in [0.1, 0.15) is 58.4 Å². The van der Waals surface area contributed by atoms with Crippen LogP contribution in [0.3, 0.4) is 0 Å². The molecule has 1 rings (SSSR count). The number of nitriles is 1. The van der Waals surface area contributed by atoms with E-state index in [0.717, 1.165) is 25.0 Å². The van der Waals surface area contributed by atoms with Crippen molar-refractivity contribution in [3.05, 3.63) is 29.8 Å². The third kappa shape index (κ3) is 4.28. The molecular formula is C17H25NO. The Kier molecular flexibility index (Phi) is 5.89. The van der Waals surface area contributed by atoms with E-state index in [2.05, 4.69) is 45.9 Å². The Morgan fingerprint density at radius 2 is 1.95 bits per heavy atom. The predicted octanol–water partition coefficient (Wildman–Crippen LogP) is 4.91. The molecule has 104 valence electrons. The number of hydrogen-bond donors (Lipinski definition) is 0. The molecule has 2 nitrogen and oxygen atoms in total. The highest BCUT2D eigenvalue weighted by Gasteiger charge is 2.25. The maximum Gasteiger partial charge on any atom is 0.119 e. The van der Waals surface area contributed by atoms with E-state index in [1.165, 1.54) is 5.56 Å². The average molecular weight is 259 g/mol. The Hall–Kier alpha value is -1.49. The van der Waals surface area contributed by atoms with E-state index in [9.17, 15) is 5.26 Å². The van der Waals surface area contributed by atoms with Gasteiger partial charge in [-0.2, -0.15) is 5.26 Å². The Morgan fingerprint density at radius 3 is 2.47 bits per heavy atom. The Labute approximate surface area is 117 Å². The molecule has 0 aliphatic heterocycles. The van der Waals surface area contributed by atoms with Gasteiger partial charge in [0.2, 0.25) is 0 Å². The topological polar surface area (TPSA) is 33.0 Å². The highest BCUT2D eigenvalue weighted by Crippen LogP contribution is 2.30. The van der Waals surface area contributed by atoms with Crippen LogP contribution in [-0.4, -0.2) is 6.61 Å². The number of benzene rings is 1. The maximum absolute atomic E-state index is 9.29. The van der Waals surface area contributed by atoms with Crippen LogP contribution >= 0.6 is 0 Å². The van der Waals surface area contributed by atoms with Crippen LogP contribution < -0.4 is 4.74 Å². The molecule has 0 aliphatic carbocycles. The maximum atomic E-state index is 9.29. The van der Waals surface area contributed by atoms with Crippen molar-refractivity contribution in [3.63, 3.8) is 0 Å². The predicted molar refractivity (Wildman–Crippen MR) is 79.3 cm³/mol. The Bertz CT molecular complexity index is 427. The molecule has 0 amide bonds. The summed E-state index contributed by atoms with van der Waals surface area (Å²) >= 11 is 0. The van der Waals surface area contributed by atoms with Crippen LogP contribution in [0.25, 0.3) is 0 Å². The lowest BCUT2D eigenvalue weighted by molar-refractivity contribution is 0.231. The molecule has 0 spiro atoms. The summed E-state index contributed by atoms with van der Waals surface area (Å²) in [5.41, 5.74) is 1.06. The van der Waals surface area contributed by atoms with Gasteiger partial charge in [0.1, 0.15) is 5.75 Å². The first kappa shape index (κ1) is 15.6. The molecule has 0 fully saturated rings. The third-order valence-corrected chi connectivity index (χ3v) is 3.96. The van der Waals surface area contributed by atoms with Crippen molar-refractivity contribution < 1.29 is 4.74 Å². The van der Waals surface area contributed by atoms with Crippen LogP contribution in [0.15, 0.2) is 24.3 Å². The van der Waals surface area contributed by atoms with Crippen molar-refractivity contribution in [2.75, 3.05) is 6.61 Å². The molecule has 0 radical (unpaired) electrons. The molecule has 0 atom stereocenters. The first-order chi connectivity index (χ1) is 9.06. The fourth-order valence-corrected chi connectivity index (χ4v) is 2.15. The van der Waals surface area contributed by atoms with Gasteiger partial charge in [0.15, 0.2) is 0 Å². The minimum absolute atomic E-state index is 0.227. The molecule has 1 aromatic carbocycles. The minimum Gasteiger partial charge on any atom is -0.494 e. The Morgan fingerprint density at radius 1 is 1.26 bits per heavy atom. The van der Waals surface area contributed by atoms with Gasteiger partial charge < -0.3 is 4.74 Å². The monoisotopic (exact) mass is 259 g/mol. The van der Waals surface area contributed by atoms with Crippen LogP contribution in [0.4, 0.5) is 0 Å². The number of ether oxygens (including phenoxy) is 1. The average Bonchev–Trinajstić information content (AvgIpc) is 2.44. The summed E-state index contributed by atoms with van der Waals surface area (Å²) in [6, 6.07) is 10.7. The van der Waals surface area contributed by atoms with Crippen molar-refractivity contribution in [2.45, 2.75) is 52.9 Å². The van der Waals surface area contributed by atoms with Crippen LogP contribution in [0.5, 0.6) is 5.75 Å². The van der Waals surface area contributed by atoms with E-state index in [1.807, 2.05) is 12.1 Å². The smallest absolute Gasteiger partial charge is 0.119 e. The lowest BCUT2D eigenvalue weighted by Crippen LogP contribution is -2.19. The molecule has 0 N–H and O–H groups in total. The van der Waals surface area contributed by atoms with E-state index in [-0.39, 0.29) is 5.41 Å². The zero-order chi connectivity index (χ0) is 14.3. The highest BCUT2D eigenvalue weighted by atomic mass is 16.5. The summed E-state index contributed by atoms with van der Waals surface area (Å²) in [5, 5.41) is 9.29. The minimum atomic E-state index is -0.227. The van der Waals surface area contributed by atoms with Crippen molar-refractivity contribution >= 4 is 0 Å². The third-order valence-electron chi connectivity index (χ3n) is 3.96. The Balaban J connectivity index is 2.58. The first-order valence-electron chi connectivity index (χ1n) is 7.21. The van der Waals surface area contributed by atoms with E-state index in [0.29, 0.717) is 12.5 Å². The molecule has 0 aliphatic rings. The number of hydrogen-bond acceptors (Lipinski definition) is 2. The van der Waals surface area contributed by atoms with Gasteiger partial charge in [0.05, 0.1) is 18.1 Å². The molecule has 2 heteroatoms. The number of rotatable bonds is 7. The van der Waals surface area contributed by atoms with Crippen LogP contribution in [0.2, 0.25) is 0 Å². The summed E-state index contributed by atoms with van der Waals surface area (Å²) in [5.74, 6) is 1.42. The van der Waals surface area contributed by atoms with Gasteiger partial charge >= 0.3 is 0 Å². The molecule has 0 saturated carbocycles. The van der Waals surface area contributed by atoms with Crippen LogP contribution in [0, 0.1) is 16.7 Å². The highest BCUT2D eigenvalue weighted by molar-refractivity contribution is 5.30. The quantitative estimate of drug-likeness (QED) is 0.697. The van der Waals surface area contributed by atoms with E-state index >= 15 is 0 Å². The van der Waals surface area contributed by atoms with Gasteiger partial charge in [0.25, 0.3) is 0 Å². The molecule has 0 unspecified atom stereocenters. The largest absolute Gasteiger partial charge is 0.494 e. The zero-order valence-electron chi connectivity index (χ0n) is 12.6. The van der Waals surface area contributed by atoms with Gasteiger partial charge in [-0.15, -0.1) is 0 Å². The fraction of sp³-hybridized carbons (Fsp3) is 0.588. The fourth-order valence-electron chi connectivity index (χ4n) is 2.15. The second kappa shape index (κ2) is 7.19. The van der Waals surface area contributed by atoms with Crippen molar-refractivity contribution in [2.24, 2.45) is 5.41 Å². The van der Waals surface area contributed by atoms with Gasteiger partial charge in [-0.1, -0.05) is 39.8 Å². The van der Waals surface area contributed by atoms with Crippen molar-refractivity contribution in [1.29, 1.82) is 5.26 Å². The summed E-state index contributed by atoms with van der Waals surface area (Å²) < 4.78 is 5.81. The zero-order valence-corrected chi connectivity index (χ0v) is 12.6. The summed E-state index contributed by atoms with van der Waals surface area (Å²) in [7, 11) is 0. The second-order valence-electron chi connectivity index (χ2n) is 5.42.